The second-order valence-corrected chi connectivity index (χ2v) is 8.52. The van der Waals surface area contributed by atoms with Crippen LogP contribution in [0.25, 0.3) is 0 Å². The van der Waals surface area contributed by atoms with Crippen LogP contribution in [0.3, 0.4) is 0 Å². The summed E-state index contributed by atoms with van der Waals surface area (Å²) in [6.45, 7) is 9.21. The third-order valence-electron chi connectivity index (χ3n) is 5.61. The van der Waals surface area contributed by atoms with Crippen molar-refractivity contribution < 1.29 is 0 Å². The first kappa shape index (κ1) is 23.6. The summed E-state index contributed by atoms with van der Waals surface area (Å²) in [5, 5.41) is 7.00. The highest BCUT2D eigenvalue weighted by molar-refractivity contribution is 7.80. The van der Waals surface area contributed by atoms with Crippen molar-refractivity contribution in [1.29, 1.82) is 0 Å². The molecule has 1 aliphatic rings. The molecule has 3 aromatic rings. The van der Waals surface area contributed by atoms with E-state index >= 15 is 0 Å². The number of hydrogen-bond donors (Lipinski definition) is 2. The van der Waals surface area contributed by atoms with Gasteiger partial charge in [-0.05, 0) is 62.3 Å². The molecule has 0 spiro atoms. The van der Waals surface area contributed by atoms with Gasteiger partial charge in [-0.2, -0.15) is 4.99 Å². The van der Waals surface area contributed by atoms with Crippen LogP contribution in [-0.2, 0) is 6.42 Å². The monoisotopic (exact) mass is 474 g/mol. The summed E-state index contributed by atoms with van der Waals surface area (Å²) in [5.41, 5.74) is 3.95. The summed E-state index contributed by atoms with van der Waals surface area (Å²) < 4.78 is 0. The first-order valence-corrected chi connectivity index (χ1v) is 11.9. The number of thiocarbonyl (C=S) groups is 1. The molecule has 176 valence electrons. The van der Waals surface area contributed by atoms with Gasteiger partial charge in [-0.15, -0.1) is 0 Å². The van der Waals surface area contributed by atoms with Crippen LogP contribution < -0.4 is 15.5 Å². The summed E-state index contributed by atoms with van der Waals surface area (Å²) >= 11 is 5.63. The molecule has 1 aliphatic heterocycles. The number of nitrogens with zero attached hydrogens (tertiary/aromatic N) is 6. The average molecular weight is 475 g/mol. The molecule has 2 aromatic heterocycles. The highest BCUT2D eigenvalue weighted by atomic mass is 32.1. The van der Waals surface area contributed by atoms with E-state index in [1.165, 1.54) is 5.56 Å². The van der Waals surface area contributed by atoms with E-state index in [4.69, 9.17) is 17.2 Å². The molecule has 1 saturated heterocycles. The van der Waals surface area contributed by atoms with Crippen LogP contribution >= 0.6 is 12.2 Å². The molecule has 4 rings (SSSR count). The van der Waals surface area contributed by atoms with E-state index in [2.05, 4.69) is 48.4 Å². The smallest absolute Gasteiger partial charge is 0.229 e. The maximum Gasteiger partial charge on any atom is 0.229 e. The molecule has 1 aromatic carbocycles. The zero-order valence-corrected chi connectivity index (χ0v) is 20.6. The number of nitrogens with one attached hydrogen (secondary N) is 2. The fraction of sp³-hybridized carbons (Fsp3) is 0.320. The number of hydrogen-bond acceptors (Lipinski definition) is 5. The van der Waals surface area contributed by atoms with Crippen molar-refractivity contribution in [1.82, 2.24) is 19.9 Å². The molecule has 1 fully saturated rings. The molecule has 2 N–H and O–H groups in total. The van der Waals surface area contributed by atoms with Crippen LogP contribution in [0.5, 0.6) is 0 Å². The van der Waals surface area contributed by atoms with Gasteiger partial charge in [-0.25, -0.2) is 15.0 Å². The van der Waals surface area contributed by atoms with E-state index < -0.39 is 0 Å². The van der Waals surface area contributed by atoms with Gasteiger partial charge in [0.2, 0.25) is 17.0 Å². The largest absolute Gasteiger partial charge is 0.353 e. The average Bonchev–Trinajstić information content (AvgIpc) is 2.84. The molecule has 0 amide bonds. The zero-order valence-electron chi connectivity index (χ0n) is 19.8. The van der Waals surface area contributed by atoms with Gasteiger partial charge in [0.1, 0.15) is 5.82 Å². The van der Waals surface area contributed by atoms with Gasteiger partial charge in [-0.1, -0.05) is 31.2 Å². The van der Waals surface area contributed by atoms with Crippen LogP contribution in [-0.4, -0.2) is 57.1 Å². The van der Waals surface area contributed by atoms with Crippen molar-refractivity contribution in [3.8, 4) is 0 Å². The molecule has 3 heterocycles. The molecule has 8 nitrogen and oxygen atoms in total. The van der Waals surface area contributed by atoms with E-state index in [0.29, 0.717) is 17.0 Å². The number of aliphatic imine (C=N–C) groups is 1. The second-order valence-electron chi connectivity index (χ2n) is 8.14. The number of guanidine groups is 1. The number of aromatic nitrogens is 3. The Morgan fingerprint density at radius 3 is 2.35 bits per heavy atom. The van der Waals surface area contributed by atoms with Gasteiger partial charge in [-0.3, -0.25) is 5.32 Å². The van der Waals surface area contributed by atoms with E-state index in [1.54, 1.807) is 0 Å². The highest BCUT2D eigenvalue weighted by Crippen LogP contribution is 2.17. The summed E-state index contributed by atoms with van der Waals surface area (Å²) in [5.74, 6) is 2.14. The van der Waals surface area contributed by atoms with Gasteiger partial charge >= 0.3 is 0 Å². The molecule has 0 saturated carbocycles. The molecular weight excluding hydrogens is 444 g/mol. The molecular formula is C25H30N8S. The molecule has 34 heavy (non-hydrogen) atoms. The number of rotatable bonds is 4. The number of piperazine rings is 1. The summed E-state index contributed by atoms with van der Waals surface area (Å²) in [6.07, 6.45) is 2.73. The highest BCUT2D eigenvalue weighted by Gasteiger charge is 2.22. The standard InChI is InChI=1S/C25H30N8S/c1-4-20-9-5-6-10-21(20)29-25(34)31-24(30-23-27-18(2)17-19(3)28-23)33-15-13-32(14-16-33)22-11-7-8-12-26-22/h5-12,17H,4,13-16H2,1-3H3,(H2,27,28,29,30,31,34). The van der Waals surface area contributed by atoms with Crippen LogP contribution in [0, 0.1) is 13.8 Å². The quantitative estimate of drug-likeness (QED) is 0.333. The number of aryl methyl sites for hydroxylation is 3. The molecule has 0 aliphatic carbocycles. The van der Waals surface area contributed by atoms with Crippen LogP contribution in [0.4, 0.5) is 17.5 Å². The first-order valence-electron chi connectivity index (χ1n) is 11.5. The number of pyridine rings is 1. The number of benzene rings is 1. The molecule has 0 bridgehead atoms. The maximum atomic E-state index is 5.63. The summed E-state index contributed by atoms with van der Waals surface area (Å²) in [4.78, 5) is 22.8. The molecule has 0 unspecified atom stereocenters. The van der Waals surface area contributed by atoms with Gasteiger partial charge < -0.3 is 15.1 Å². The van der Waals surface area contributed by atoms with Crippen molar-refractivity contribution in [3.63, 3.8) is 0 Å². The Kier molecular flexibility index (Phi) is 7.64. The van der Waals surface area contributed by atoms with Gasteiger partial charge in [0.25, 0.3) is 0 Å². The Labute approximate surface area is 206 Å². The number of anilines is 3. The topological polar surface area (TPSA) is 81.6 Å². The fourth-order valence-electron chi connectivity index (χ4n) is 3.94. The van der Waals surface area contributed by atoms with E-state index in [1.807, 2.05) is 62.5 Å². The SMILES string of the molecule is CCc1ccccc1NC(=S)/N=C(/Nc1nc(C)cc(C)n1)N1CCN(c2ccccn2)CC1. The molecule has 0 atom stereocenters. The Hall–Kier alpha value is -3.59. The Balaban J connectivity index is 1.54. The first-order chi connectivity index (χ1) is 16.5. The minimum Gasteiger partial charge on any atom is -0.353 e. The van der Waals surface area contributed by atoms with Crippen LogP contribution in [0.15, 0.2) is 59.7 Å². The predicted molar refractivity (Wildman–Crippen MR) is 143 cm³/mol. The van der Waals surface area contributed by atoms with Crippen LogP contribution in [0.1, 0.15) is 23.9 Å². The second kappa shape index (κ2) is 11.0. The van der Waals surface area contributed by atoms with E-state index in [9.17, 15) is 0 Å². The summed E-state index contributed by atoms with van der Waals surface area (Å²) in [6, 6.07) is 16.1. The van der Waals surface area contributed by atoms with E-state index in [0.717, 1.165) is 55.5 Å². The molecule has 0 radical (unpaired) electrons. The Bertz CT molecular complexity index is 1140. The minimum absolute atomic E-state index is 0.389. The Morgan fingerprint density at radius 2 is 1.68 bits per heavy atom. The minimum atomic E-state index is 0.389. The van der Waals surface area contributed by atoms with Crippen molar-refractivity contribution >= 4 is 40.7 Å². The lowest BCUT2D eigenvalue weighted by Crippen LogP contribution is -2.51. The van der Waals surface area contributed by atoms with Crippen molar-refractivity contribution in [2.45, 2.75) is 27.2 Å². The lowest BCUT2D eigenvalue weighted by molar-refractivity contribution is 0.384. The Morgan fingerprint density at radius 1 is 0.971 bits per heavy atom. The summed E-state index contributed by atoms with van der Waals surface area (Å²) in [7, 11) is 0. The van der Waals surface area contributed by atoms with Gasteiger partial charge in [0, 0.05) is 49.5 Å². The van der Waals surface area contributed by atoms with Crippen molar-refractivity contribution in [2.24, 2.45) is 4.99 Å². The predicted octanol–water partition coefficient (Wildman–Crippen LogP) is 4.04. The fourth-order valence-corrected chi connectivity index (χ4v) is 4.13. The normalized spacial score (nSPS) is 14.1. The van der Waals surface area contributed by atoms with Crippen molar-refractivity contribution in [2.75, 3.05) is 41.7 Å². The third kappa shape index (κ3) is 6.05. The van der Waals surface area contributed by atoms with Gasteiger partial charge in [0.05, 0.1) is 0 Å². The van der Waals surface area contributed by atoms with E-state index in [-0.39, 0.29) is 0 Å². The zero-order chi connectivity index (χ0) is 23.9. The lowest BCUT2D eigenvalue weighted by atomic mass is 10.1. The lowest BCUT2D eigenvalue weighted by Gasteiger charge is -2.36. The van der Waals surface area contributed by atoms with Crippen LogP contribution in [0.2, 0.25) is 0 Å². The van der Waals surface area contributed by atoms with Crippen molar-refractivity contribution in [3.05, 3.63) is 71.7 Å². The molecule has 9 heteroatoms. The third-order valence-corrected chi connectivity index (χ3v) is 5.80. The van der Waals surface area contributed by atoms with Gasteiger partial charge in [0.15, 0.2) is 0 Å². The number of para-hydroxylation sites is 1. The maximum absolute atomic E-state index is 5.63.